The summed E-state index contributed by atoms with van der Waals surface area (Å²) in [5.74, 6) is -3.68. The Hall–Kier alpha value is -2.94. The summed E-state index contributed by atoms with van der Waals surface area (Å²) >= 11 is 0. The molecule has 2 aromatic carbocycles. The molecule has 11 heteroatoms. The summed E-state index contributed by atoms with van der Waals surface area (Å²) in [5.41, 5.74) is 6.17. The molecule has 1 amide bonds. The molecular weight excluding hydrogens is 457 g/mol. The molecule has 1 heterocycles. The fourth-order valence-corrected chi connectivity index (χ4v) is 4.98. The van der Waals surface area contributed by atoms with Crippen LogP contribution in [0.4, 0.5) is 13.2 Å². The van der Waals surface area contributed by atoms with Gasteiger partial charge in [-0.25, -0.2) is 26.3 Å². The van der Waals surface area contributed by atoms with Gasteiger partial charge in [0.05, 0.1) is 16.5 Å². The van der Waals surface area contributed by atoms with Crippen molar-refractivity contribution in [2.75, 3.05) is 13.1 Å². The summed E-state index contributed by atoms with van der Waals surface area (Å²) in [5, 5.41) is 8.82. The van der Waals surface area contributed by atoms with Crippen LogP contribution in [0.1, 0.15) is 30.4 Å². The predicted octanol–water partition coefficient (Wildman–Crippen LogP) is 2.20. The number of nitrogens with zero attached hydrogens (tertiary/aromatic N) is 2. The summed E-state index contributed by atoms with van der Waals surface area (Å²) in [6, 6.07) is 7.52. The molecule has 0 spiro atoms. The fraction of sp³-hybridized carbons (Fsp3) is 0.364. The van der Waals surface area contributed by atoms with Crippen LogP contribution < -0.4 is 10.5 Å². The zero-order valence-corrected chi connectivity index (χ0v) is 18.4. The second kappa shape index (κ2) is 10.3. The number of hydrogen-bond donors (Lipinski definition) is 2. The second-order valence-corrected chi connectivity index (χ2v) is 9.65. The fourth-order valence-electron chi connectivity index (χ4n) is 3.67. The predicted molar refractivity (Wildman–Crippen MR) is 114 cm³/mol. The van der Waals surface area contributed by atoms with E-state index in [0.29, 0.717) is 37.6 Å². The second-order valence-electron chi connectivity index (χ2n) is 7.94. The van der Waals surface area contributed by atoms with Gasteiger partial charge in [-0.1, -0.05) is 0 Å². The largest absolute Gasteiger partial charge is 0.343 e. The number of amides is 1. The monoisotopic (exact) mass is 480 g/mol. The molecule has 176 valence electrons. The Morgan fingerprint density at radius 3 is 2.33 bits per heavy atom. The van der Waals surface area contributed by atoms with Crippen LogP contribution in [0, 0.1) is 28.8 Å². The third-order valence-electron chi connectivity index (χ3n) is 5.47. The summed E-state index contributed by atoms with van der Waals surface area (Å²) in [4.78, 5) is 14.1. The Morgan fingerprint density at radius 2 is 1.73 bits per heavy atom. The first-order valence-corrected chi connectivity index (χ1v) is 11.8. The summed E-state index contributed by atoms with van der Waals surface area (Å²) in [7, 11) is -3.76. The average Bonchev–Trinajstić information content (AvgIpc) is 2.77. The molecule has 1 saturated heterocycles. The molecule has 1 aliphatic rings. The van der Waals surface area contributed by atoms with Crippen LogP contribution in [0.5, 0.6) is 0 Å². The molecule has 3 N–H and O–H groups in total. The lowest BCUT2D eigenvalue weighted by Crippen LogP contribution is -2.47. The Bertz CT molecular complexity index is 1160. The van der Waals surface area contributed by atoms with E-state index >= 15 is 0 Å². The van der Waals surface area contributed by atoms with E-state index in [1.807, 2.05) is 6.07 Å². The minimum absolute atomic E-state index is 0.0513. The first-order chi connectivity index (χ1) is 15.6. The van der Waals surface area contributed by atoms with Crippen molar-refractivity contribution in [1.82, 2.24) is 9.62 Å². The van der Waals surface area contributed by atoms with Crippen molar-refractivity contribution in [2.24, 2.45) is 5.73 Å². The Balaban J connectivity index is 1.50. The molecule has 0 radical (unpaired) electrons. The Kier molecular flexibility index (Phi) is 7.73. The molecule has 33 heavy (non-hydrogen) atoms. The van der Waals surface area contributed by atoms with Gasteiger partial charge >= 0.3 is 0 Å². The SMILES string of the molecule is N#Cc1ccc(S(=O)(=O)NC2CCN(C(=O)C[C@H](N)Cc3cc(F)c(F)cc3F)CC2)cc1. The lowest BCUT2D eigenvalue weighted by Gasteiger charge is -2.33. The summed E-state index contributed by atoms with van der Waals surface area (Å²) in [6.45, 7) is 0.622. The minimum atomic E-state index is -3.76. The Morgan fingerprint density at radius 1 is 1.12 bits per heavy atom. The van der Waals surface area contributed by atoms with Crippen molar-refractivity contribution in [3.05, 3.63) is 65.0 Å². The lowest BCUT2D eigenvalue weighted by atomic mass is 10.0. The molecule has 2 aromatic rings. The van der Waals surface area contributed by atoms with Gasteiger partial charge in [-0.05, 0) is 55.2 Å². The van der Waals surface area contributed by atoms with Crippen molar-refractivity contribution < 1.29 is 26.4 Å². The number of nitrogens with two attached hydrogens (primary N) is 1. The van der Waals surface area contributed by atoms with E-state index in [1.165, 1.54) is 24.3 Å². The minimum Gasteiger partial charge on any atom is -0.343 e. The van der Waals surface area contributed by atoms with Gasteiger partial charge in [0, 0.05) is 37.7 Å². The number of carbonyl (C=O) groups is 1. The van der Waals surface area contributed by atoms with Crippen molar-refractivity contribution in [1.29, 1.82) is 5.26 Å². The van der Waals surface area contributed by atoms with Crippen LogP contribution in [0.25, 0.3) is 0 Å². The maximum atomic E-state index is 13.8. The number of halogens is 3. The van der Waals surface area contributed by atoms with E-state index in [9.17, 15) is 26.4 Å². The normalized spacial score (nSPS) is 15.8. The topological polar surface area (TPSA) is 116 Å². The van der Waals surface area contributed by atoms with Crippen LogP contribution in [-0.4, -0.2) is 44.4 Å². The van der Waals surface area contributed by atoms with Gasteiger partial charge in [0.25, 0.3) is 0 Å². The number of nitriles is 1. The van der Waals surface area contributed by atoms with E-state index < -0.39 is 33.5 Å². The van der Waals surface area contributed by atoms with Gasteiger partial charge in [0.15, 0.2) is 11.6 Å². The maximum absolute atomic E-state index is 13.8. The number of benzene rings is 2. The van der Waals surface area contributed by atoms with Crippen LogP contribution in [0.2, 0.25) is 0 Å². The highest BCUT2D eigenvalue weighted by Gasteiger charge is 2.27. The van der Waals surface area contributed by atoms with Crippen molar-refractivity contribution in [3.8, 4) is 6.07 Å². The van der Waals surface area contributed by atoms with Crippen molar-refractivity contribution >= 4 is 15.9 Å². The van der Waals surface area contributed by atoms with Gasteiger partial charge < -0.3 is 10.6 Å². The number of rotatable bonds is 7. The number of likely N-dealkylation sites (tertiary alicyclic amines) is 1. The first kappa shape index (κ1) is 24.7. The van der Waals surface area contributed by atoms with Crippen molar-refractivity contribution in [2.45, 2.75) is 42.7 Å². The molecule has 0 saturated carbocycles. The highest BCUT2D eigenvalue weighted by molar-refractivity contribution is 7.89. The number of piperidine rings is 1. The van der Waals surface area contributed by atoms with Gasteiger partial charge in [0.2, 0.25) is 15.9 Å². The van der Waals surface area contributed by atoms with E-state index in [4.69, 9.17) is 11.0 Å². The van der Waals surface area contributed by atoms with Crippen LogP contribution in [0.3, 0.4) is 0 Å². The van der Waals surface area contributed by atoms with Gasteiger partial charge in [-0.3, -0.25) is 4.79 Å². The zero-order valence-electron chi connectivity index (χ0n) is 17.6. The van der Waals surface area contributed by atoms with Crippen LogP contribution >= 0.6 is 0 Å². The Labute approximate surface area is 190 Å². The van der Waals surface area contributed by atoms with Gasteiger partial charge in [0.1, 0.15) is 5.82 Å². The van der Waals surface area contributed by atoms with E-state index in [1.54, 1.807) is 4.90 Å². The number of sulfonamides is 1. The molecule has 0 bridgehead atoms. The maximum Gasteiger partial charge on any atom is 0.240 e. The smallest absolute Gasteiger partial charge is 0.240 e. The van der Waals surface area contributed by atoms with E-state index in [2.05, 4.69) is 4.72 Å². The molecular formula is C22H23F3N4O3S. The quantitative estimate of drug-likeness (QED) is 0.590. The molecule has 0 aromatic heterocycles. The molecule has 1 fully saturated rings. The molecule has 3 rings (SSSR count). The first-order valence-electron chi connectivity index (χ1n) is 10.3. The highest BCUT2D eigenvalue weighted by Crippen LogP contribution is 2.19. The standard InChI is InChI=1S/C22H23F3N4O3S/c23-19-12-21(25)20(24)10-15(19)9-16(27)11-22(30)29-7-5-17(6-8-29)28-33(31,32)18-3-1-14(13-26)2-4-18/h1-4,10,12,16-17,28H,5-9,11,27H2/t16-/m1/s1. The van der Waals surface area contributed by atoms with Crippen LogP contribution in [0.15, 0.2) is 41.3 Å². The van der Waals surface area contributed by atoms with Crippen LogP contribution in [-0.2, 0) is 21.2 Å². The third-order valence-corrected chi connectivity index (χ3v) is 7.01. The van der Waals surface area contributed by atoms with Gasteiger partial charge in [-0.15, -0.1) is 0 Å². The summed E-state index contributed by atoms with van der Waals surface area (Å²) < 4.78 is 67.9. The third kappa shape index (κ3) is 6.31. The molecule has 7 nitrogen and oxygen atoms in total. The molecule has 1 atom stereocenters. The zero-order chi connectivity index (χ0) is 24.2. The highest BCUT2D eigenvalue weighted by atomic mass is 32.2. The number of nitrogens with one attached hydrogen (secondary N) is 1. The van der Waals surface area contributed by atoms with E-state index in [-0.39, 0.29) is 35.2 Å². The van der Waals surface area contributed by atoms with Crippen molar-refractivity contribution in [3.63, 3.8) is 0 Å². The molecule has 0 unspecified atom stereocenters. The van der Waals surface area contributed by atoms with E-state index in [0.717, 1.165) is 6.07 Å². The molecule has 1 aliphatic heterocycles. The number of carbonyl (C=O) groups excluding carboxylic acids is 1. The summed E-state index contributed by atoms with van der Waals surface area (Å²) in [6.07, 6.45) is 0.554. The van der Waals surface area contributed by atoms with Gasteiger partial charge in [-0.2, -0.15) is 5.26 Å². The number of hydrogen-bond acceptors (Lipinski definition) is 5. The molecule has 0 aliphatic carbocycles. The lowest BCUT2D eigenvalue weighted by molar-refractivity contribution is -0.132. The average molecular weight is 481 g/mol.